The van der Waals surface area contributed by atoms with Gasteiger partial charge in [0.05, 0.1) is 5.70 Å². The molecule has 2 aliphatic heterocycles. The summed E-state index contributed by atoms with van der Waals surface area (Å²) in [6, 6.07) is 0. The fraction of sp³-hybridized carbons (Fsp3) is 0.333. The standard InChI is InChI=1S/C9H12N2/c1-8-3-4-9-5-6-10(2)11(9)7-8/h3-5,7H,6H2,1-2H3. The van der Waals surface area contributed by atoms with Crippen LogP contribution in [0.1, 0.15) is 6.92 Å². The Balaban J connectivity index is 2.32. The largest absolute Gasteiger partial charge is 0.282 e. The number of likely N-dealkylation sites (N-methyl/N-ethyl adjacent to an activating group) is 1. The molecule has 2 aliphatic rings. The summed E-state index contributed by atoms with van der Waals surface area (Å²) in [5.74, 6) is 0. The molecule has 0 radical (unpaired) electrons. The Morgan fingerprint density at radius 3 is 3.00 bits per heavy atom. The average molecular weight is 148 g/mol. The van der Waals surface area contributed by atoms with E-state index in [-0.39, 0.29) is 0 Å². The number of nitrogens with zero attached hydrogens (tertiary/aromatic N) is 2. The van der Waals surface area contributed by atoms with Gasteiger partial charge in [0.15, 0.2) is 0 Å². The molecule has 0 saturated carbocycles. The molecular weight excluding hydrogens is 136 g/mol. The maximum absolute atomic E-state index is 2.22. The molecule has 0 N–H and O–H groups in total. The molecule has 0 saturated heterocycles. The van der Waals surface area contributed by atoms with Gasteiger partial charge in [0.1, 0.15) is 0 Å². The first kappa shape index (κ1) is 6.68. The topological polar surface area (TPSA) is 6.48 Å². The lowest BCUT2D eigenvalue weighted by molar-refractivity contribution is 0.131. The van der Waals surface area contributed by atoms with E-state index in [4.69, 9.17) is 0 Å². The molecule has 2 nitrogen and oxygen atoms in total. The highest BCUT2D eigenvalue weighted by molar-refractivity contribution is 5.34. The van der Waals surface area contributed by atoms with Crippen LogP contribution >= 0.6 is 0 Å². The van der Waals surface area contributed by atoms with Gasteiger partial charge < -0.3 is 0 Å². The quantitative estimate of drug-likeness (QED) is 0.513. The molecule has 0 aliphatic carbocycles. The summed E-state index contributed by atoms with van der Waals surface area (Å²) in [7, 11) is 2.09. The van der Waals surface area contributed by atoms with Gasteiger partial charge in [-0.05, 0) is 24.6 Å². The summed E-state index contributed by atoms with van der Waals surface area (Å²) in [5, 5.41) is 4.36. The second kappa shape index (κ2) is 2.24. The highest BCUT2D eigenvalue weighted by atomic mass is 15.6. The van der Waals surface area contributed by atoms with Crippen molar-refractivity contribution in [2.45, 2.75) is 6.92 Å². The lowest BCUT2D eigenvalue weighted by atomic mass is 10.2. The summed E-state index contributed by atoms with van der Waals surface area (Å²) < 4.78 is 0. The average Bonchev–Trinajstić information content (AvgIpc) is 2.33. The van der Waals surface area contributed by atoms with Crippen LogP contribution in [0.15, 0.2) is 35.7 Å². The molecule has 2 heteroatoms. The van der Waals surface area contributed by atoms with Crippen LogP contribution in [0.3, 0.4) is 0 Å². The van der Waals surface area contributed by atoms with Gasteiger partial charge in [0, 0.05) is 19.8 Å². The van der Waals surface area contributed by atoms with Crippen molar-refractivity contribution < 1.29 is 0 Å². The molecule has 0 amide bonds. The lowest BCUT2D eigenvalue weighted by Crippen LogP contribution is -2.30. The van der Waals surface area contributed by atoms with Crippen LogP contribution in [0.5, 0.6) is 0 Å². The Morgan fingerprint density at radius 2 is 2.18 bits per heavy atom. The molecule has 58 valence electrons. The van der Waals surface area contributed by atoms with E-state index < -0.39 is 0 Å². The van der Waals surface area contributed by atoms with Crippen molar-refractivity contribution >= 4 is 0 Å². The van der Waals surface area contributed by atoms with Crippen molar-refractivity contribution in [1.29, 1.82) is 0 Å². The Morgan fingerprint density at radius 1 is 1.36 bits per heavy atom. The Hall–Kier alpha value is -1.02. The molecule has 0 aromatic rings. The van der Waals surface area contributed by atoms with Gasteiger partial charge in [-0.1, -0.05) is 6.08 Å². The summed E-state index contributed by atoms with van der Waals surface area (Å²) >= 11 is 0. The van der Waals surface area contributed by atoms with Crippen LogP contribution < -0.4 is 0 Å². The van der Waals surface area contributed by atoms with E-state index >= 15 is 0 Å². The van der Waals surface area contributed by atoms with Crippen molar-refractivity contribution in [3.63, 3.8) is 0 Å². The summed E-state index contributed by atoms with van der Waals surface area (Å²) in [5.41, 5.74) is 2.59. The number of fused-ring (bicyclic) bond motifs is 1. The molecule has 0 fully saturated rings. The number of rotatable bonds is 0. The minimum atomic E-state index is 1.02. The van der Waals surface area contributed by atoms with Gasteiger partial charge in [-0.15, -0.1) is 0 Å². The molecule has 0 atom stereocenters. The first-order valence-electron chi connectivity index (χ1n) is 3.84. The van der Waals surface area contributed by atoms with Crippen LogP contribution in [0.25, 0.3) is 0 Å². The third-order valence-corrected chi connectivity index (χ3v) is 2.04. The SMILES string of the molecule is CC1=CN2C(=CCN2C)C=C1. The van der Waals surface area contributed by atoms with Crippen molar-refractivity contribution in [2.24, 2.45) is 0 Å². The zero-order chi connectivity index (χ0) is 7.84. The monoisotopic (exact) mass is 148 g/mol. The van der Waals surface area contributed by atoms with Crippen LogP contribution in [0.4, 0.5) is 0 Å². The molecule has 0 aromatic heterocycles. The van der Waals surface area contributed by atoms with E-state index in [9.17, 15) is 0 Å². The summed E-state index contributed by atoms with van der Waals surface area (Å²) in [6.07, 6.45) is 8.67. The van der Waals surface area contributed by atoms with E-state index in [0.29, 0.717) is 0 Å². The van der Waals surface area contributed by atoms with Gasteiger partial charge in [0.2, 0.25) is 0 Å². The van der Waals surface area contributed by atoms with Gasteiger partial charge in [-0.2, -0.15) is 0 Å². The van der Waals surface area contributed by atoms with Gasteiger partial charge in [0.25, 0.3) is 0 Å². The Bertz CT molecular complexity index is 261. The smallest absolute Gasteiger partial charge is 0.0547 e. The summed E-state index contributed by atoms with van der Waals surface area (Å²) in [6.45, 7) is 3.13. The van der Waals surface area contributed by atoms with E-state index in [1.54, 1.807) is 0 Å². The van der Waals surface area contributed by atoms with Crippen molar-refractivity contribution in [2.75, 3.05) is 13.6 Å². The van der Waals surface area contributed by atoms with Crippen LogP contribution in [0, 0.1) is 0 Å². The zero-order valence-electron chi connectivity index (χ0n) is 6.91. The van der Waals surface area contributed by atoms with Gasteiger partial charge in [-0.25, -0.2) is 5.01 Å². The Labute approximate surface area is 67.1 Å². The molecule has 0 unspecified atom stereocenters. The fourth-order valence-corrected chi connectivity index (χ4v) is 1.37. The number of hydrogen-bond acceptors (Lipinski definition) is 2. The predicted molar refractivity (Wildman–Crippen MR) is 45.4 cm³/mol. The minimum Gasteiger partial charge on any atom is -0.282 e. The first-order valence-corrected chi connectivity index (χ1v) is 3.84. The second-order valence-corrected chi connectivity index (χ2v) is 3.02. The summed E-state index contributed by atoms with van der Waals surface area (Å²) in [4.78, 5) is 0. The molecule has 2 rings (SSSR count). The van der Waals surface area contributed by atoms with Gasteiger partial charge >= 0.3 is 0 Å². The minimum absolute atomic E-state index is 1.02. The first-order chi connectivity index (χ1) is 5.27. The molecule has 11 heavy (non-hydrogen) atoms. The predicted octanol–water partition coefficient (Wildman–Crippen LogP) is 1.51. The highest BCUT2D eigenvalue weighted by Gasteiger charge is 2.18. The van der Waals surface area contributed by atoms with Crippen molar-refractivity contribution in [3.05, 3.63) is 35.7 Å². The third-order valence-electron chi connectivity index (χ3n) is 2.04. The van der Waals surface area contributed by atoms with Crippen molar-refractivity contribution in [3.8, 4) is 0 Å². The molecule has 0 bridgehead atoms. The van der Waals surface area contributed by atoms with E-state index in [1.165, 1.54) is 11.3 Å². The maximum Gasteiger partial charge on any atom is 0.0547 e. The van der Waals surface area contributed by atoms with Crippen LogP contribution in [-0.4, -0.2) is 23.6 Å². The molecule has 0 spiro atoms. The molecule has 0 aromatic carbocycles. The number of hydrazine groups is 1. The van der Waals surface area contributed by atoms with E-state index in [0.717, 1.165) is 6.54 Å². The normalized spacial score (nSPS) is 23.3. The van der Waals surface area contributed by atoms with Gasteiger partial charge in [-0.3, -0.25) is 5.01 Å². The molecular formula is C9H12N2. The maximum atomic E-state index is 2.22. The van der Waals surface area contributed by atoms with Crippen molar-refractivity contribution in [1.82, 2.24) is 10.0 Å². The van der Waals surface area contributed by atoms with E-state index in [2.05, 4.69) is 48.4 Å². The van der Waals surface area contributed by atoms with E-state index in [1.807, 2.05) is 0 Å². The zero-order valence-corrected chi connectivity index (χ0v) is 6.91. The van der Waals surface area contributed by atoms with Crippen LogP contribution in [0.2, 0.25) is 0 Å². The Kier molecular flexibility index (Phi) is 1.36. The van der Waals surface area contributed by atoms with Crippen LogP contribution in [-0.2, 0) is 0 Å². The third kappa shape index (κ3) is 0.994. The lowest BCUT2D eigenvalue weighted by Gasteiger charge is -2.27. The fourth-order valence-electron chi connectivity index (χ4n) is 1.37. The highest BCUT2D eigenvalue weighted by Crippen LogP contribution is 2.22. The molecule has 2 heterocycles. The number of hydrogen-bond donors (Lipinski definition) is 0. The second-order valence-electron chi connectivity index (χ2n) is 3.02. The number of allylic oxidation sites excluding steroid dienone is 3.